The van der Waals surface area contributed by atoms with E-state index in [0.717, 1.165) is 5.56 Å². The standard InChI is InChI=1S/C16H19NO5/c1-21-15(19)10-11-17(12-16(20)22-2)14(18)9-8-13-6-4-3-5-7-13/h3-9H,10-12H2,1-2H3/b9-8+. The van der Waals surface area contributed by atoms with Gasteiger partial charge in [-0.15, -0.1) is 0 Å². The molecule has 1 aromatic rings. The Hall–Kier alpha value is -2.63. The molecule has 0 aliphatic rings. The van der Waals surface area contributed by atoms with Crippen molar-refractivity contribution in [3.63, 3.8) is 0 Å². The van der Waals surface area contributed by atoms with Gasteiger partial charge in [0.1, 0.15) is 6.54 Å². The van der Waals surface area contributed by atoms with Crippen LogP contribution in [0, 0.1) is 0 Å². The van der Waals surface area contributed by atoms with Crippen molar-refractivity contribution in [3.05, 3.63) is 42.0 Å². The van der Waals surface area contributed by atoms with E-state index in [-0.39, 0.29) is 25.4 Å². The Labute approximate surface area is 129 Å². The fourth-order valence-electron chi connectivity index (χ4n) is 1.65. The van der Waals surface area contributed by atoms with Crippen LogP contribution >= 0.6 is 0 Å². The van der Waals surface area contributed by atoms with Crippen molar-refractivity contribution in [2.75, 3.05) is 27.3 Å². The zero-order chi connectivity index (χ0) is 16.4. The highest BCUT2D eigenvalue weighted by Gasteiger charge is 2.16. The predicted molar refractivity (Wildman–Crippen MR) is 80.7 cm³/mol. The molecule has 0 radical (unpaired) electrons. The van der Waals surface area contributed by atoms with E-state index in [1.54, 1.807) is 6.08 Å². The number of esters is 2. The minimum Gasteiger partial charge on any atom is -0.469 e. The van der Waals surface area contributed by atoms with Crippen LogP contribution in [0.4, 0.5) is 0 Å². The highest BCUT2D eigenvalue weighted by molar-refractivity contribution is 5.93. The van der Waals surface area contributed by atoms with Gasteiger partial charge in [-0.3, -0.25) is 14.4 Å². The van der Waals surface area contributed by atoms with E-state index in [1.807, 2.05) is 30.3 Å². The normalized spacial score (nSPS) is 10.3. The topological polar surface area (TPSA) is 72.9 Å². The third-order valence-electron chi connectivity index (χ3n) is 2.89. The van der Waals surface area contributed by atoms with Gasteiger partial charge in [0.15, 0.2) is 0 Å². The molecule has 0 saturated heterocycles. The smallest absolute Gasteiger partial charge is 0.325 e. The summed E-state index contributed by atoms with van der Waals surface area (Å²) in [6.45, 7) is -0.134. The van der Waals surface area contributed by atoms with Crippen LogP contribution in [0.15, 0.2) is 36.4 Å². The van der Waals surface area contributed by atoms with Crippen LogP contribution in [0.25, 0.3) is 6.08 Å². The maximum Gasteiger partial charge on any atom is 0.325 e. The number of carbonyl (C=O) groups is 3. The van der Waals surface area contributed by atoms with Crippen molar-refractivity contribution in [1.29, 1.82) is 0 Å². The van der Waals surface area contributed by atoms with E-state index in [2.05, 4.69) is 9.47 Å². The molecule has 0 spiro atoms. The molecule has 0 aromatic heterocycles. The monoisotopic (exact) mass is 305 g/mol. The Morgan fingerprint density at radius 3 is 2.27 bits per heavy atom. The summed E-state index contributed by atoms with van der Waals surface area (Å²) >= 11 is 0. The van der Waals surface area contributed by atoms with Crippen LogP contribution in [0.1, 0.15) is 12.0 Å². The van der Waals surface area contributed by atoms with Gasteiger partial charge in [-0.05, 0) is 11.6 Å². The number of ether oxygens (including phenoxy) is 2. The van der Waals surface area contributed by atoms with Crippen LogP contribution in [0.5, 0.6) is 0 Å². The number of amides is 1. The first-order valence-corrected chi connectivity index (χ1v) is 6.72. The Bertz CT molecular complexity index is 539. The summed E-state index contributed by atoms with van der Waals surface area (Å²) in [6, 6.07) is 9.28. The zero-order valence-corrected chi connectivity index (χ0v) is 12.7. The number of hydrogen-bond acceptors (Lipinski definition) is 5. The van der Waals surface area contributed by atoms with Crippen molar-refractivity contribution >= 4 is 23.9 Å². The summed E-state index contributed by atoms with van der Waals surface area (Å²) in [5, 5.41) is 0. The Kier molecular flexibility index (Phi) is 7.39. The summed E-state index contributed by atoms with van der Waals surface area (Å²) < 4.78 is 9.08. The molecule has 0 saturated carbocycles. The molecule has 1 aromatic carbocycles. The van der Waals surface area contributed by atoms with Gasteiger partial charge in [-0.1, -0.05) is 30.3 Å². The largest absolute Gasteiger partial charge is 0.469 e. The third-order valence-corrected chi connectivity index (χ3v) is 2.89. The molecule has 0 aliphatic carbocycles. The quantitative estimate of drug-likeness (QED) is 0.560. The summed E-state index contributed by atoms with van der Waals surface area (Å²) in [5.74, 6) is -1.38. The summed E-state index contributed by atoms with van der Waals surface area (Å²) in [5.41, 5.74) is 0.863. The lowest BCUT2D eigenvalue weighted by Crippen LogP contribution is -2.36. The van der Waals surface area contributed by atoms with E-state index in [1.165, 1.54) is 25.2 Å². The van der Waals surface area contributed by atoms with E-state index < -0.39 is 11.9 Å². The molecule has 0 unspecified atom stereocenters. The first kappa shape index (κ1) is 17.4. The van der Waals surface area contributed by atoms with Crippen LogP contribution in [-0.2, 0) is 23.9 Å². The first-order valence-electron chi connectivity index (χ1n) is 6.72. The lowest BCUT2D eigenvalue weighted by atomic mass is 10.2. The number of rotatable bonds is 7. The second kappa shape index (κ2) is 9.33. The van der Waals surface area contributed by atoms with Crippen molar-refractivity contribution in [3.8, 4) is 0 Å². The average Bonchev–Trinajstić information content (AvgIpc) is 2.56. The van der Waals surface area contributed by atoms with Crippen LogP contribution < -0.4 is 0 Å². The molecule has 0 atom stereocenters. The third kappa shape index (κ3) is 6.21. The lowest BCUT2D eigenvalue weighted by molar-refractivity contribution is -0.147. The molecule has 0 fully saturated rings. The van der Waals surface area contributed by atoms with Crippen molar-refractivity contribution < 1.29 is 23.9 Å². The molecule has 0 heterocycles. The fourth-order valence-corrected chi connectivity index (χ4v) is 1.65. The van der Waals surface area contributed by atoms with Gasteiger partial charge < -0.3 is 14.4 Å². The molecular formula is C16H19NO5. The van der Waals surface area contributed by atoms with Crippen LogP contribution in [-0.4, -0.2) is 50.1 Å². The van der Waals surface area contributed by atoms with E-state index in [4.69, 9.17) is 0 Å². The Morgan fingerprint density at radius 2 is 1.68 bits per heavy atom. The van der Waals surface area contributed by atoms with Crippen molar-refractivity contribution in [2.24, 2.45) is 0 Å². The van der Waals surface area contributed by atoms with Crippen molar-refractivity contribution in [1.82, 2.24) is 4.90 Å². The van der Waals surface area contributed by atoms with Crippen molar-refractivity contribution in [2.45, 2.75) is 6.42 Å². The summed E-state index contributed by atoms with van der Waals surface area (Å²) in [6.07, 6.45) is 3.01. The highest BCUT2D eigenvalue weighted by atomic mass is 16.5. The SMILES string of the molecule is COC(=O)CCN(CC(=O)OC)C(=O)/C=C/c1ccccc1. The van der Waals surface area contributed by atoms with Gasteiger partial charge in [-0.25, -0.2) is 0 Å². The molecule has 118 valence electrons. The van der Waals surface area contributed by atoms with Gasteiger partial charge in [0, 0.05) is 12.6 Å². The second-order valence-electron chi connectivity index (χ2n) is 4.41. The molecule has 0 N–H and O–H groups in total. The number of hydrogen-bond donors (Lipinski definition) is 0. The molecule has 22 heavy (non-hydrogen) atoms. The molecule has 6 heteroatoms. The molecule has 0 bridgehead atoms. The van der Waals surface area contributed by atoms with Gasteiger partial charge in [-0.2, -0.15) is 0 Å². The second-order valence-corrected chi connectivity index (χ2v) is 4.41. The van der Waals surface area contributed by atoms with Gasteiger partial charge >= 0.3 is 11.9 Å². The number of carbonyl (C=O) groups excluding carboxylic acids is 3. The maximum absolute atomic E-state index is 12.1. The number of nitrogens with zero attached hydrogens (tertiary/aromatic N) is 1. The number of benzene rings is 1. The average molecular weight is 305 g/mol. The summed E-state index contributed by atoms with van der Waals surface area (Å²) in [7, 11) is 2.51. The Morgan fingerprint density at radius 1 is 1.05 bits per heavy atom. The maximum atomic E-state index is 12.1. The van der Waals surface area contributed by atoms with Gasteiger partial charge in [0.25, 0.3) is 0 Å². The number of methoxy groups -OCH3 is 2. The molecule has 6 nitrogen and oxygen atoms in total. The summed E-state index contributed by atoms with van der Waals surface area (Å²) in [4.78, 5) is 35.9. The first-order chi connectivity index (χ1) is 10.6. The predicted octanol–water partition coefficient (Wildman–Crippen LogP) is 1.26. The minimum atomic E-state index is -0.550. The lowest BCUT2D eigenvalue weighted by Gasteiger charge is -2.19. The van der Waals surface area contributed by atoms with E-state index >= 15 is 0 Å². The van der Waals surface area contributed by atoms with Gasteiger partial charge in [0.2, 0.25) is 5.91 Å². The minimum absolute atomic E-state index is 0.0123. The van der Waals surface area contributed by atoms with E-state index in [0.29, 0.717) is 0 Å². The zero-order valence-electron chi connectivity index (χ0n) is 12.7. The van der Waals surface area contributed by atoms with Crippen LogP contribution in [0.2, 0.25) is 0 Å². The van der Waals surface area contributed by atoms with Crippen LogP contribution in [0.3, 0.4) is 0 Å². The molecular weight excluding hydrogens is 286 g/mol. The molecule has 1 amide bonds. The van der Waals surface area contributed by atoms with Gasteiger partial charge in [0.05, 0.1) is 20.6 Å². The highest BCUT2D eigenvalue weighted by Crippen LogP contribution is 2.03. The van der Waals surface area contributed by atoms with E-state index in [9.17, 15) is 14.4 Å². The Balaban J connectivity index is 2.71. The molecule has 0 aliphatic heterocycles. The molecule has 1 rings (SSSR count). The fraction of sp³-hybridized carbons (Fsp3) is 0.312.